The number of rotatable bonds is 5. The third-order valence-corrected chi connectivity index (χ3v) is 4.30. The fourth-order valence-electron chi connectivity index (χ4n) is 2.91. The van der Waals surface area contributed by atoms with Crippen LogP contribution in [0.4, 0.5) is 13.2 Å². The van der Waals surface area contributed by atoms with Crippen LogP contribution in [0.2, 0.25) is 0 Å². The summed E-state index contributed by atoms with van der Waals surface area (Å²) in [5.74, 6) is -1.77. The van der Waals surface area contributed by atoms with E-state index in [0.717, 1.165) is 18.4 Å². The van der Waals surface area contributed by atoms with E-state index in [-0.39, 0.29) is 5.56 Å². The summed E-state index contributed by atoms with van der Waals surface area (Å²) in [6, 6.07) is 15.4. The SMILES string of the molecule is C/C=C/CCc1ccc(-c2cc(F)c(-c3ccc(F)cc3)c(F)c2)cc1. The van der Waals surface area contributed by atoms with Crippen LogP contribution in [0.25, 0.3) is 22.3 Å². The lowest BCUT2D eigenvalue weighted by Gasteiger charge is -2.09. The zero-order chi connectivity index (χ0) is 18.5. The highest BCUT2D eigenvalue weighted by molar-refractivity contribution is 5.71. The maximum atomic E-state index is 14.5. The standard InChI is InChI=1S/C23H19F3/c1-2-3-4-5-16-6-8-17(9-7-16)19-14-21(25)23(22(26)15-19)18-10-12-20(24)13-11-18/h2-3,6-15H,4-5H2,1H3/b3-2+. The highest BCUT2D eigenvalue weighted by atomic mass is 19.1. The van der Waals surface area contributed by atoms with Gasteiger partial charge in [0.1, 0.15) is 17.5 Å². The summed E-state index contributed by atoms with van der Waals surface area (Å²) in [7, 11) is 0. The van der Waals surface area contributed by atoms with Crippen LogP contribution in [0.5, 0.6) is 0 Å². The van der Waals surface area contributed by atoms with Crippen molar-refractivity contribution < 1.29 is 13.2 Å². The van der Waals surface area contributed by atoms with E-state index in [9.17, 15) is 13.2 Å². The molecule has 3 heteroatoms. The van der Waals surface area contributed by atoms with Crippen LogP contribution < -0.4 is 0 Å². The Balaban J connectivity index is 1.89. The van der Waals surface area contributed by atoms with E-state index in [1.165, 1.54) is 42.0 Å². The molecule has 0 unspecified atom stereocenters. The van der Waals surface area contributed by atoms with Crippen LogP contribution >= 0.6 is 0 Å². The molecule has 0 aliphatic carbocycles. The molecule has 0 amide bonds. The maximum Gasteiger partial charge on any atom is 0.134 e. The molecule has 0 radical (unpaired) electrons. The van der Waals surface area contributed by atoms with E-state index in [0.29, 0.717) is 11.1 Å². The molecule has 0 aromatic heterocycles. The zero-order valence-electron chi connectivity index (χ0n) is 14.5. The highest BCUT2D eigenvalue weighted by Gasteiger charge is 2.14. The van der Waals surface area contributed by atoms with Crippen LogP contribution in [0.1, 0.15) is 18.9 Å². The van der Waals surface area contributed by atoms with Crippen molar-refractivity contribution >= 4 is 0 Å². The Labute approximate surface area is 151 Å². The minimum absolute atomic E-state index is 0.142. The molecule has 3 aromatic carbocycles. The maximum absolute atomic E-state index is 14.5. The van der Waals surface area contributed by atoms with Crippen molar-refractivity contribution in [1.82, 2.24) is 0 Å². The Bertz CT molecular complexity index is 884. The van der Waals surface area contributed by atoms with Gasteiger partial charge in [0.15, 0.2) is 0 Å². The van der Waals surface area contributed by atoms with E-state index >= 15 is 0 Å². The zero-order valence-corrected chi connectivity index (χ0v) is 14.5. The van der Waals surface area contributed by atoms with Gasteiger partial charge >= 0.3 is 0 Å². The van der Waals surface area contributed by atoms with Gasteiger partial charge in [-0.1, -0.05) is 48.6 Å². The van der Waals surface area contributed by atoms with Crippen LogP contribution in [0, 0.1) is 17.5 Å². The summed E-state index contributed by atoms with van der Waals surface area (Å²) in [4.78, 5) is 0. The van der Waals surface area contributed by atoms with Crippen LogP contribution in [0.3, 0.4) is 0 Å². The summed E-state index contributed by atoms with van der Waals surface area (Å²) < 4.78 is 42.1. The van der Waals surface area contributed by atoms with Gasteiger partial charge in [-0.2, -0.15) is 0 Å². The van der Waals surface area contributed by atoms with Gasteiger partial charge < -0.3 is 0 Å². The summed E-state index contributed by atoms with van der Waals surface area (Å²) >= 11 is 0. The van der Waals surface area contributed by atoms with Crippen LogP contribution in [-0.4, -0.2) is 0 Å². The van der Waals surface area contributed by atoms with Gasteiger partial charge in [0, 0.05) is 0 Å². The molecular weight excluding hydrogens is 333 g/mol. The van der Waals surface area contributed by atoms with Crippen molar-refractivity contribution in [3.8, 4) is 22.3 Å². The molecule has 3 aromatic rings. The second kappa shape index (κ2) is 8.05. The molecule has 0 heterocycles. The van der Waals surface area contributed by atoms with Gasteiger partial charge in [0.05, 0.1) is 5.56 Å². The highest BCUT2D eigenvalue weighted by Crippen LogP contribution is 2.31. The van der Waals surface area contributed by atoms with E-state index in [2.05, 4.69) is 6.08 Å². The predicted molar refractivity (Wildman–Crippen MR) is 100 cm³/mol. The number of halogens is 3. The molecule has 0 saturated carbocycles. The Hall–Kier alpha value is -2.81. The fraction of sp³-hybridized carbons (Fsp3) is 0.130. The van der Waals surface area contributed by atoms with Gasteiger partial charge in [-0.05, 0) is 66.3 Å². The van der Waals surface area contributed by atoms with Crippen molar-refractivity contribution in [2.45, 2.75) is 19.8 Å². The largest absolute Gasteiger partial charge is 0.207 e. The van der Waals surface area contributed by atoms with E-state index in [1.807, 2.05) is 37.3 Å². The lowest BCUT2D eigenvalue weighted by molar-refractivity contribution is 0.590. The van der Waals surface area contributed by atoms with E-state index < -0.39 is 17.5 Å². The topological polar surface area (TPSA) is 0 Å². The lowest BCUT2D eigenvalue weighted by atomic mass is 9.97. The molecular formula is C23H19F3. The quantitative estimate of drug-likeness (QED) is 0.436. The number of allylic oxidation sites excluding steroid dienone is 2. The summed E-state index contributed by atoms with van der Waals surface area (Å²) in [5, 5.41) is 0. The molecule has 3 rings (SSSR count). The number of aryl methyl sites for hydroxylation is 1. The summed E-state index contributed by atoms with van der Waals surface area (Å²) in [6.45, 7) is 1.99. The van der Waals surface area contributed by atoms with Crippen molar-refractivity contribution in [3.05, 3.63) is 95.8 Å². The first-order valence-electron chi connectivity index (χ1n) is 8.54. The van der Waals surface area contributed by atoms with Gasteiger partial charge in [-0.3, -0.25) is 0 Å². The molecule has 0 spiro atoms. The van der Waals surface area contributed by atoms with Crippen LogP contribution in [-0.2, 0) is 6.42 Å². The number of hydrogen-bond donors (Lipinski definition) is 0. The Kier molecular flexibility index (Phi) is 5.57. The first kappa shape index (κ1) is 18.0. The normalized spacial score (nSPS) is 11.2. The molecule has 0 nitrogen and oxygen atoms in total. The predicted octanol–water partition coefficient (Wildman–Crippen LogP) is 6.95. The fourth-order valence-corrected chi connectivity index (χ4v) is 2.91. The first-order chi connectivity index (χ1) is 12.6. The summed E-state index contributed by atoms with van der Waals surface area (Å²) in [6.07, 6.45) is 6.01. The average Bonchev–Trinajstić information content (AvgIpc) is 2.63. The molecule has 26 heavy (non-hydrogen) atoms. The average molecular weight is 352 g/mol. The van der Waals surface area contributed by atoms with Gasteiger partial charge in [0.2, 0.25) is 0 Å². The Morgan fingerprint density at radius 2 is 1.31 bits per heavy atom. The minimum Gasteiger partial charge on any atom is -0.207 e. The monoisotopic (exact) mass is 352 g/mol. The van der Waals surface area contributed by atoms with Gasteiger partial charge in [-0.25, -0.2) is 13.2 Å². The van der Waals surface area contributed by atoms with E-state index in [1.54, 1.807) is 0 Å². The third-order valence-electron chi connectivity index (χ3n) is 4.30. The molecule has 0 aliphatic heterocycles. The third kappa shape index (κ3) is 4.05. The van der Waals surface area contributed by atoms with Crippen molar-refractivity contribution in [1.29, 1.82) is 0 Å². The molecule has 0 bridgehead atoms. The van der Waals surface area contributed by atoms with Gasteiger partial charge in [0.25, 0.3) is 0 Å². The van der Waals surface area contributed by atoms with Gasteiger partial charge in [-0.15, -0.1) is 0 Å². The first-order valence-corrected chi connectivity index (χ1v) is 8.54. The Morgan fingerprint density at radius 3 is 1.88 bits per heavy atom. The second-order valence-electron chi connectivity index (χ2n) is 6.13. The molecule has 0 atom stereocenters. The molecule has 0 fully saturated rings. The molecule has 0 saturated heterocycles. The second-order valence-corrected chi connectivity index (χ2v) is 6.13. The minimum atomic E-state index is -0.663. The van der Waals surface area contributed by atoms with Crippen LogP contribution in [0.15, 0.2) is 72.8 Å². The van der Waals surface area contributed by atoms with Crippen molar-refractivity contribution in [3.63, 3.8) is 0 Å². The van der Waals surface area contributed by atoms with Crippen molar-refractivity contribution in [2.24, 2.45) is 0 Å². The van der Waals surface area contributed by atoms with Crippen molar-refractivity contribution in [2.75, 3.05) is 0 Å². The Morgan fingerprint density at radius 1 is 0.731 bits per heavy atom. The smallest absolute Gasteiger partial charge is 0.134 e. The molecule has 132 valence electrons. The lowest BCUT2D eigenvalue weighted by Crippen LogP contribution is -1.93. The molecule has 0 N–H and O–H groups in total. The number of benzene rings is 3. The number of hydrogen-bond acceptors (Lipinski definition) is 0. The van der Waals surface area contributed by atoms with E-state index in [4.69, 9.17) is 0 Å². The summed E-state index contributed by atoms with van der Waals surface area (Å²) in [5.41, 5.74) is 2.58. The molecule has 0 aliphatic rings.